The number of carbonyl (C=O) groups excluding carboxylic acids is 2. The lowest BCUT2D eigenvalue weighted by molar-refractivity contribution is -0.136. The van der Waals surface area contributed by atoms with Crippen molar-refractivity contribution in [2.24, 2.45) is 0 Å². The fraction of sp³-hybridized carbons (Fsp3) is 0.435. The summed E-state index contributed by atoms with van der Waals surface area (Å²) in [6, 6.07) is 5.05. The number of carbonyl (C=O) groups is 2. The number of rotatable bonds is 4. The Bertz CT molecular complexity index is 1100. The summed E-state index contributed by atoms with van der Waals surface area (Å²) in [7, 11) is 1.37. The minimum atomic E-state index is -0.418. The first-order valence-corrected chi connectivity index (χ1v) is 10.7. The highest BCUT2D eigenvalue weighted by atomic mass is 16.7. The first kappa shape index (κ1) is 20.4. The van der Waals surface area contributed by atoms with E-state index in [0.29, 0.717) is 42.2 Å². The third-order valence-electron chi connectivity index (χ3n) is 6.46. The van der Waals surface area contributed by atoms with Crippen molar-refractivity contribution in [3.8, 4) is 11.5 Å². The molecule has 32 heavy (non-hydrogen) atoms. The van der Waals surface area contributed by atoms with Crippen LogP contribution in [0.3, 0.4) is 0 Å². The molecule has 9 heteroatoms. The molecule has 2 aromatic rings. The molecule has 3 aliphatic rings. The molecule has 2 bridgehead atoms. The largest absolute Gasteiger partial charge is 0.466 e. The summed E-state index contributed by atoms with van der Waals surface area (Å²) < 4.78 is 21.2. The van der Waals surface area contributed by atoms with Crippen LogP contribution in [-0.2, 0) is 16.1 Å². The summed E-state index contributed by atoms with van der Waals surface area (Å²) in [4.78, 5) is 27.8. The first-order valence-electron chi connectivity index (χ1n) is 10.7. The number of nitrogens with zero attached hydrogens (tertiary/aromatic N) is 2. The van der Waals surface area contributed by atoms with Gasteiger partial charge in [-0.2, -0.15) is 0 Å². The average Bonchev–Trinajstić information content (AvgIpc) is 3.47. The molecule has 0 aliphatic carbocycles. The summed E-state index contributed by atoms with van der Waals surface area (Å²) in [5, 5.41) is 7.05. The van der Waals surface area contributed by atoms with Crippen LogP contribution in [0.4, 0.5) is 4.79 Å². The van der Waals surface area contributed by atoms with Crippen LogP contribution >= 0.6 is 0 Å². The van der Waals surface area contributed by atoms with Crippen LogP contribution in [0.15, 0.2) is 28.3 Å². The van der Waals surface area contributed by atoms with Gasteiger partial charge in [-0.3, -0.25) is 0 Å². The molecule has 1 saturated heterocycles. The maximum atomic E-state index is 13.2. The topological polar surface area (TPSA) is 103 Å². The lowest BCUT2D eigenvalue weighted by Crippen LogP contribution is -2.50. The Labute approximate surface area is 185 Å². The maximum absolute atomic E-state index is 13.2. The van der Waals surface area contributed by atoms with Gasteiger partial charge < -0.3 is 29.0 Å². The second-order valence-corrected chi connectivity index (χ2v) is 8.29. The molecule has 3 aliphatic heterocycles. The zero-order chi connectivity index (χ0) is 22.4. The monoisotopic (exact) mass is 439 g/mol. The van der Waals surface area contributed by atoms with Crippen molar-refractivity contribution in [2.45, 2.75) is 51.7 Å². The molecule has 1 N–H and O–H groups in total. The fourth-order valence-electron chi connectivity index (χ4n) is 5.06. The van der Waals surface area contributed by atoms with E-state index in [9.17, 15) is 9.59 Å². The van der Waals surface area contributed by atoms with Gasteiger partial charge in [-0.05, 0) is 56.4 Å². The highest BCUT2D eigenvalue weighted by Gasteiger charge is 2.47. The van der Waals surface area contributed by atoms with Crippen molar-refractivity contribution in [2.75, 3.05) is 13.9 Å². The minimum Gasteiger partial charge on any atom is -0.466 e. The van der Waals surface area contributed by atoms with Gasteiger partial charge in [-0.25, -0.2) is 9.59 Å². The van der Waals surface area contributed by atoms with Gasteiger partial charge in [0.1, 0.15) is 5.76 Å². The molecule has 0 spiro atoms. The number of methoxy groups -OCH3 is 1. The molecule has 9 nitrogen and oxygen atoms in total. The number of ether oxygens (including phenoxy) is 3. The summed E-state index contributed by atoms with van der Waals surface area (Å²) in [6.07, 6.45) is 2.08. The predicted octanol–water partition coefficient (Wildman–Crippen LogP) is 3.09. The Kier molecular flexibility index (Phi) is 5.03. The van der Waals surface area contributed by atoms with E-state index in [1.807, 2.05) is 32.0 Å². The van der Waals surface area contributed by atoms with Crippen LogP contribution in [0.2, 0.25) is 0 Å². The van der Waals surface area contributed by atoms with Gasteiger partial charge in [0.05, 0.1) is 24.4 Å². The van der Waals surface area contributed by atoms with Crippen LogP contribution in [0, 0.1) is 13.8 Å². The van der Waals surface area contributed by atoms with E-state index in [0.717, 1.165) is 28.8 Å². The third kappa shape index (κ3) is 3.28. The number of aryl methyl sites for hydroxylation is 2. The normalized spacial score (nSPS) is 21.2. The van der Waals surface area contributed by atoms with Crippen LogP contribution in [0.25, 0.3) is 5.57 Å². The van der Waals surface area contributed by atoms with E-state index < -0.39 is 5.97 Å². The highest BCUT2D eigenvalue weighted by molar-refractivity contribution is 6.01. The number of aromatic nitrogens is 1. The Morgan fingerprint density at radius 2 is 2.03 bits per heavy atom. The van der Waals surface area contributed by atoms with Crippen LogP contribution < -0.4 is 14.8 Å². The molecular weight excluding hydrogens is 414 g/mol. The molecule has 2 amide bonds. The molecule has 2 unspecified atom stereocenters. The molecule has 1 aromatic carbocycles. The van der Waals surface area contributed by atoms with Crippen molar-refractivity contribution < 1.29 is 28.3 Å². The van der Waals surface area contributed by atoms with E-state index >= 15 is 0 Å². The zero-order valence-corrected chi connectivity index (χ0v) is 18.3. The first-order chi connectivity index (χ1) is 15.5. The van der Waals surface area contributed by atoms with E-state index in [1.54, 1.807) is 4.90 Å². The summed E-state index contributed by atoms with van der Waals surface area (Å²) >= 11 is 0. The Hall–Kier alpha value is -3.49. The molecule has 5 rings (SSSR count). The average molecular weight is 439 g/mol. The van der Waals surface area contributed by atoms with Gasteiger partial charge in [0.25, 0.3) is 0 Å². The molecule has 0 radical (unpaired) electrons. The van der Waals surface area contributed by atoms with Crippen LogP contribution in [0.5, 0.6) is 11.5 Å². The maximum Gasteiger partial charge on any atom is 0.336 e. The quantitative estimate of drug-likeness (QED) is 0.730. The number of benzene rings is 1. The molecule has 0 saturated carbocycles. The van der Waals surface area contributed by atoms with Crippen molar-refractivity contribution in [3.63, 3.8) is 0 Å². The number of amides is 2. The molecule has 1 fully saturated rings. The Morgan fingerprint density at radius 1 is 1.22 bits per heavy atom. The smallest absolute Gasteiger partial charge is 0.336 e. The SMILES string of the molecule is COC(=O)C1=C(c2c(C)noc2C)CC2CCC1N2C(=O)NCc1ccc2c(c1)OCO2. The van der Waals surface area contributed by atoms with Gasteiger partial charge in [-0.15, -0.1) is 0 Å². The number of hydrogen-bond acceptors (Lipinski definition) is 7. The molecular formula is C23H25N3O6. The molecule has 4 heterocycles. The van der Waals surface area contributed by atoms with E-state index in [4.69, 9.17) is 18.7 Å². The Morgan fingerprint density at radius 3 is 2.78 bits per heavy atom. The lowest BCUT2D eigenvalue weighted by atomic mass is 9.87. The van der Waals surface area contributed by atoms with Gasteiger partial charge in [0, 0.05) is 18.2 Å². The molecule has 2 atom stereocenters. The van der Waals surface area contributed by atoms with Crippen molar-refractivity contribution in [1.29, 1.82) is 0 Å². The van der Waals surface area contributed by atoms with E-state index in [2.05, 4.69) is 10.5 Å². The highest BCUT2D eigenvalue weighted by Crippen LogP contribution is 2.44. The summed E-state index contributed by atoms with van der Waals surface area (Å²) in [5.74, 6) is 1.63. The number of nitrogens with one attached hydrogen (secondary N) is 1. The van der Waals surface area contributed by atoms with Crippen molar-refractivity contribution in [3.05, 3.63) is 46.4 Å². The van der Waals surface area contributed by atoms with E-state index in [-0.39, 0.29) is 24.9 Å². The zero-order valence-electron chi connectivity index (χ0n) is 18.3. The molecule has 168 valence electrons. The third-order valence-corrected chi connectivity index (χ3v) is 6.46. The minimum absolute atomic E-state index is 0.00569. The molecule has 1 aromatic heterocycles. The van der Waals surface area contributed by atoms with Gasteiger partial charge in [-0.1, -0.05) is 11.2 Å². The van der Waals surface area contributed by atoms with Crippen LogP contribution in [0.1, 0.15) is 41.8 Å². The second-order valence-electron chi connectivity index (χ2n) is 8.29. The number of urea groups is 1. The lowest BCUT2D eigenvalue weighted by Gasteiger charge is -2.37. The second kappa shape index (κ2) is 7.89. The predicted molar refractivity (Wildman–Crippen MR) is 113 cm³/mol. The van der Waals surface area contributed by atoms with E-state index in [1.165, 1.54) is 7.11 Å². The van der Waals surface area contributed by atoms with Crippen LogP contribution in [-0.4, -0.2) is 48.0 Å². The van der Waals surface area contributed by atoms with Gasteiger partial charge >= 0.3 is 12.0 Å². The number of hydrogen-bond donors (Lipinski definition) is 1. The summed E-state index contributed by atoms with van der Waals surface area (Å²) in [5.41, 5.74) is 3.89. The van der Waals surface area contributed by atoms with Gasteiger partial charge in [0.2, 0.25) is 6.79 Å². The van der Waals surface area contributed by atoms with Gasteiger partial charge in [0.15, 0.2) is 11.5 Å². The standard InChI is InChI=1S/C23H25N3O6/c1-12-20(13(2)32-25-12)16-9-15-5-6-17(21(16)22(27)29-3)26(15)23(28)24-10-14-4-7-18-19(8-14)31-11-30-18/h4,7-8,15,17H,5-6,9-11H2,1-3H3,(H,24,28). The number of esters is 1. The Balaban J connectivity index is 1.40. The fourth-order valence-corrected chi connectivity index (χ4v) is 5.06. The summed E-state index contributed by atoms with van der Waals surface area (Å²) in [6.45, 7) is 4.25. The van der Waals surface area contributed by atoms with Crippen molar-refractivity contribution >= 4 is 17.6 Å². The van der Waals surface area contributed by atoms with Crippen molar-refractivity contribution in [1.82, 2.24) is 15.4 Å². The number of fused-ring (bicyclic) bond motifs is 3.